The van der Waals surface area contributed by atoms with E-state index in [0.717, 1.165) is 0 Å². The van der Waals surface area contributed by atoms with Crippen LogP contribution in [0, 0.1) is 22.7 Å². The van der Waals surface area contributed by atoms with Gasteiger partial charge < -0.3 is 0 Å². The number of hydrogen-bond acceptors (Lipinski definition) is 4. The van der Waals surface area contributed by atoms with Gasteiger partial charge in [-0.1, -0.05) is 5.21 Å². The summed E-state index contributed by atoms with van der Waals surface area (Å²) in [6, 6.07) is 3.42. The monoisotopic (exact) mass is 159 g/mol. The Balaban J connectivity index is 0.000000810. The minimum absolute atomic E-state index is 0. The molecule has 0 fully saturated rings. The van der Waals surface area contributed by atoms with Gasteiger partial charge in [-0.15, -0.1) is 5.10 Å². The van der Waals surface area contributed by atoms with Gasteiger partial charge in [0.15, 0.2) is 11.4 Å². The number of rotatable bonds is 0. The number of aromatic amines is 1. The predicted octanol–water partition coefficient (Wildman–Crippen LogP) is -1.10. The Morgan fingerprint density at radius 2 is 2.00 bits per heavy atom. The van der Waals surface area contributed by atoms with Crippen LogP contribution in [0.4, 0.5) is 0 Å². The van der Waals surface area contributed by atoms with Crippen LogP contribution in [-0.2, 0) is 0 Å². The number of nitrogens with one attached hydrogen (secondary N) is 1. The molecule has 0 radical (unpaired) electrons. The van der Waals surface area contributed by atoms with Crippen molar-refractivity contribution in [3.05, 3.63) is 11.4 Å². The number of nitrogens with zero attached hydrogens (tertiary/aromatic N) is 4. The van der Waals surface area contributed by atoms with Crippen molar-refractivity contribution in [1.82, 2.24) is 15.4 Å². The summed E-state index contributed by atoms with van der Waals surface area (Å²) in [4.78, 5) is 0. The van der Waals surface area contributed by atoms with Crippen LogP contribution in [0.25, 0.3) is 0 Å². The molecule has 0 aliphatic carbocycles. The molecule has 5 nitrogen and oxygen atoms in total. The molecule has 0 unspecified atom stereocenters. The topological polar surface area (TPSA) is 89.2 Å². The molecular weight excluding hydrogens is 157 g/mol. The summed E-state index contributed by atoms with van der Waals surface area (Å²) in [6.45, 7) is 0. The molecule has 0 aromatic carbocycles. The standard InChI is InChI=1S/C4HN5.K.H/c5-1-3-4(2-6)8-9-7-3;;/h(H,7,8,9);;. The van der Waals surface area contributed by atoms with Crippen LogP contribution in [0.3, 0.4) is 0 Å². The summed E-state index contributed by atoms with van der Waals surface area (Å²) in [5.74, 6) is 0. The normalized spacial score (nSPS) is 7.00. The second-order valence-electron chi connectivity index (χ2n) is 1.26. The third-order valence-corrected chi connectivity index (χ3v) is 0.766. The minimum atomic E-state index is 0. The van der Waals surface area contributed by atoms with E-state index in [4.69, 9.17) is 10.5 Å². The molecule has 1 aromatic heterocycles. The molecule has 0 aliphatic rings. The molecule has 1 aromatic rings. The predicted molar refractivity (Wildman–Crippen MR) is 33.0 cm³/mol. The van der Waals surface area contributed by atoms with Crippen LogP contribution in [0.15, 0.2) is 0 Å². The van der Waals surface area contributed by atoms with Gasteiger partial charge in [-0.05, 0) is 0 Å². The SMILES string of the molecule is N#Cc1nn[nH]c1C#N.[KH]. The third kappa shape index (κ3) is 1.87. The number of hydrogen-bond donors (Lipinski definition) is 1. The van der Waals surface area contributed by atoms with Crippen molar-refractivity contribution in [3.63, 3.8) is 0 Å². The van der Waals surface area contributed by atoms with Crippen molar-refractivity contribution in [2.75, 3.05) is 0 Å². The summed E-state index contributed by atoms with van der Waals surface area (Å²) >= 11 is 0. The van der Waals surface area contributed by atoms with Crippen LogP contribution < -0.4 is 0 Å². The summed E-state index contributed by atoms with van der Waals surface area (Å²) in [7, 11) is 0. The molecule has 1 rings (SSSR count). The molecular formula is C4H2KN5. The Kier molecular flexibility index (Phi) is 4.44. The van der Waals surface area contributed by atoms with Gasteiger partial charge in [0.2, 0.25) is 0 Å². The zero-order chi connectivity index (χ0) is 6.69. The molecule has 0 atom stereocenters. The first-order chi connectivity index (χ1) is 4.38. The maximum atomic E-state index is 8.23. The zero-order valence-electron chi connectivity index (χ0n) is 4.29. The van der Waals surface area contributed by atoms with Gasteiger partial charge in [-0.25, -0.2) is 5.10 Å². The number of aromatic nitrogens is 3. The Morgan fingerprint density at radius 1 is 1.30 bits per heavy atom. The average molecular weight is 159 g/mol. The molecule has 6 heteroatoms. The summed E-state index contributed by atoms with van der Waals surface area (Å²) in [5, 5.41) is 25.3. The van der Waals surface area contributed by atoms with Gasteiger partial charge in [0, 0.05) is 0 Å². The Morgan fingerprint density at radius 3 is 2.40 bits per heavy atom. The van der Waals surface area contributed by atoms with E-state index in [1.165, 1.54) is 0 Å². The van der Waals surface area contributed by atoms with E-state index in [-0.39, 0.29) is 62.8 Å². The third-order valence-electron chi connectivity index (χ3n) is 0.766. The van der Waals surface area contributed by atoms with E-state index in [0.29, 0.717) is 0 Å². The van der Waals surface area contributed by atoms with E-state index >= 15 is 0 Å². The fourth-order valence-corrected chi connectivity index (χ4v) is 0.384. The molecule has 0 aliphatic heterocycles. The molecule has 10 heavy (non-hydrogen) atoms. The average Bonchev–Trinajstić information content (AvgIpc) is 2.33. The van der Waals surface area contributed by atoms with Gasteiger partial charge in [0.25, 0.3) is 0 Å². The fourth-order valence-electron chi connectivity index (χ4n) is 0.384. The molecule has 44 valence electrons. The molecule has 0 spiro atoms. The molecule has 1 heterocycles. The van der Waals surface area contributed by atoms with Crippen LogP contribution in [0.1, 0.15) is 11.4 Å². The van der Waals surface area contributed by atoms with E-state index in [2.05, 4.69) is 15.4 Å². The van der Waals surface area contributed by atoms with Gasteiger partial charge in [-0.2, -0.15) is 10.5 Å². The quantitative estimate of drug-likeness (QED) is 0.486. The Bertz CT molecular complexity index is 261. The van der Waals surface area contributed by atoms with Crippen LogP contribution >= 0.6 is 0 Å². The van der Waals surface area contributed by atoms with Crippen molar-refractivity contribution < 1.29 is 0 Å². The van der Waals surface area contributed by atoms with Gasteiger partial charge in [0.1, 0.15) is 12.1 Å². The second kappa shape index (κ2) is 4.55. The Labute approximate surface area is 99.5 Å². The fraction of sp³-hybridized carbons (Fsp3) is 0. The summed E-state index contributed by atoms with van der Waals surface area (Å²) in [6.07, 6.45) is 0. The number of H-pyrrole nitrogens is 1. The van der Waals surface area contributed by atoms with E-state index in [1.54, 1.807) is 12.1 Å². The molecule has 0 amide bonds. The van der Waals surface area contributed by atoms with Crippen molar-refractivity contribution in [3.8, 4) is 12.1 Å². The van der Waals surface area contributed by atoms with Crippen molar-refractivity contribution in [1.29, 1.82) is 10.5 Å². The summed E-state index contributed by atoms with van der Waals surface area (Å²) < 4.78 is 0. The molecule has 0 saturated heterocycles. The Hall–Kier alpha value is -0.244. The van der Waals surface area contributed by atoms with Crippen molar-refractivity contribution >= 4 is 51.4 Å². The van der Waals surface area contributed by atoms with Gasteiger partial charge in [0.05, 0.1) is 0 Å². The van der Waals surface area contributed by atoms with E-state index in [1.807, 2.05) is 0 Å². The summed E-state index contributed by atoms with van der Waals surface area (Å²) in [5.41, 5.74) is 0.148. The second-order valence-corrected chi connectivity index (χ2v) is 1.26. The molecule has 1 N–H and O–H groups in total. The first-order valence-electron chi connectivity index (χ1n) is 2.09. The molecule has 0 saturated carbocycles. The maximum absolute atomic E-state index is 8.23. The van der Waals surface area contributed by atoms with E-state index in [9.17, 15) is 0 Å². The van der Waals surface area contributed by atoms with Crippen LogP contribution in [0.5, 0.6) is 0 Å². The first kappa shape index (κ1) is 9.76. The van der Waals surface area contributed by atoms with Crippen molar-refractivity contribution in [2.45, 2.75) is 0 Å². The van der Waals surface area contributed by atoms with Gasteiger partial charge in [-0.3, -0.25) is 0 Å². The molecule has 0 bridgehead atoms. The number of nitriles is 2. The van der Waals surface area contributed by atoms with Crippen molar-refractivity contribution in [2.24, 2.45) is 0 Å². The van der Waals surface area contributed by atoms with Crippen LogP contribution in [-0.4, -0.2) is 66.8 Å². The zero-order valence-corrected chi connectivity index (χ0v) is 4.29. The van der Waals surface area contributed by atoms with Gasteiger partial charge >= 0.3 is 51.4 Å². The van der Waals surface area contributed by atoms with E-state index < -0.39 is 0 Å². The van der Waals surface area contributed by atoms with Crippen LogP contribution in [0.2, 0.25) is 0 Å². The first-order valence-corrected chi connectivity index (χ1v) is 2.09.